The Morgan fingerprint density at radius 3 is 2.74 bits per heavy atom. The van der Waals surface area contributed by atoms with Gasteiger partial charge in [-0.3, -0.25) is 4.79 Å². The molecule has 27 heavy (non-hydrogen) atoms. The predicted octanol–water partition coefficient (Wildman–Crippen LogP) is 2.34. The highest BCUT2D eigenvalue weighted by Gasteiger charge is 2.26. The predicted molar refractivity (Wildman–Crippen MR) is 95.4 cm³/mol. The van der Waals surface area contributed by atoms with Gasteiger partial charge in [-0.1, -0.05) is 12.1 Å². The van der Waals surface area contributed by atoms with E-state index < -0.39 is 12.1 Å². The largest absolute Gasteiger partial charge is 0.482 e. The summed E-state index contributed by atoms with van der Waals surface area (Å²) in [5.41, 5.74) is 1.77. The van der Waals surface area contributed by atoms with Gasteiger partial charge in [0.1, 0.15) is 17.3 Å². The van der Waals surface area contributed by atoms with E-state index in [-0.39, 0.29) is 18.3 Å². The molecule has 1 heterocycles. The number of carbonyl (C=O) groups is 2. The molecule has 1 aliphatic rings. The summed E-state index contributed by atoms with van der Waals surface area (Å²) in [5.74, 6) is -0.485. The number of carbonyl (C=O) groups excluding carboxylic acids is 1. The van der Waals surface area contributed by atoms with Gasteiger partial charge in [-0.25, -0.2) is 9.18 Å². The van der Waals surface area contributed by atoms with Crippen LogP contribution < -0.4 is 14.8 Å². The molecule has 1 aliphatic heterocycles. The first kappa shape index (κ1) is 18.7. The first-order chi connectivity index (χ1) is 13.0. The lowest BCUT2D eigenvalue weighted by Crippen LogP contribution is -2.41. The molecule has 0 saturated carbocycles. The molecule has 1 unspecified atom stereocenters. The first-order valence-electron chi connectivity index (χ1n) is 8.67. The molecule has 7 heteroatoms. The summed E-state index contributed by atoms with van der Waals surface area (Å²) >= 11 is 0. The molecule has 6 nitrogen and oxygen atoms in total. The number of ether oxygens (including phenoxy) is 2. The molecule has 1 amide bonds. The van der Waals surface area contributed by atoms with Gasteiger partial charge in [0.15, 0.2) is 12.7 Å². The molecule has 0 aromatic heterocycles. The molecule has 0 saturated heterocycles. The number of benzene rings is 2. The zero-order chi connectivity index (χ0) is 19.2. The number of aliphatic carboxylic acids is 1. The molecule has 0 spiro atoms. The third-order valence-electron chi connectivity index (χ3n) is 4.26. The molecule has 142 valence electrons. The second-order valence-corrected chi connectivity index (χ2v) is 6.26. The number of rotatable bonds is 7. The van der Waals surface area contributed by atoms with Crippen molar-refractivity contribution in [3.8, 4) is 11.5 Å². The lowest BCUT2D eigenvalue weighted by Gasteiger charge is -2.25. The number of hydrogen-bond donors (Lipinski definition) is 2. The van der Waals surface area contributed by atoms with Crippen LogP contribution in [0.3, 0.4) is 0 Å². The summed E-state index contributed by atoms with van der Waals surface area (Å²) in [7, 11) is 0. The van der Waals surface area contributed by atoms with Crippen LogP contribution in [0.1, 0.15) is 17.5 Å². The molecule has 0 radical (unpaired) electrons. The summed E-state index contributed by atoms with van der Waals surface area (Å²) in [6.07, 6.45) is 1.16. The van der Waals surface area contributed by atoms with Crippen LogP contribution >= 0.6 is 0 Å². The molecule has 3 rings (SSSR count). The monoisotopic (exact) mass is 373 g/mol. The second kappa shape index (κ2) is 8.53. The van der Waals surface area contributed by atoms with Gasteiger partial charge in [-0.15, -0.1) is 0 Å². The van der Waals surface area contributed by atoms with Gasteiger partial charge in [-0.05, 0) is 60.7 Å². The van der Waals surface area contributed by atoms with Crippen molar-refractivity contribution in [3.05, 3.63) is 59.4 Å². The molecule has 2 aromatic rings. The molecular formula is C20H20FNO5. The number of amides is 1. The van der Waals surface area contributed by atoms with Crippen molar-refractivity contribution in [1.29, 1.82) is 0 Å². The van der Waals surface area contributed by atoms with E-state index in [1.807, 2.05) is 12.1 Å². The fourth-order valence-electron chi connectivity index (χ4n) is 2.88. The molecule has 0 fully saturated rings. The summed E-state index contributed by atoms with van der Waals surface area (Å²) in [5, 5.41) is 11.4. The number of fused-ring (bicyclic) bond motifs is 1. The normalized spacial score (nSPS) is 15.4. The van der Waals surface area contributed by atoms with Crippen molar-refractivity contribution >= 4 is 11.9 Å². The first-order valence-corrected chi connectivity index (χ1v) is 8.67. The number of halogens is 1. The number of carboxylic acid groups (broad SMARTS) is 1. The Kier molecular flexibility index (Phi) is 5.90. The van der Waals surface area contributed by atoms with E-state index in [1.165, 1.54) is 12.1 Å². The highest BCUT2D eigenvalue weighted by atomic mass is 19.1. The Morgan fingerprint density at radius 1 is 1.22 bits per heavy atom. The minimum atomic E-state index is -1.03. The number of aryl methyl sites for hydroxylation is 1. The van der Waals surface area contributed by atoms with Crippen molar-refractivity contribution in [2.45, 2.75) is 25.4 Å². The Morgan fingerprint density at radius 2 is 2.00 bits per heavy atom. The van der Waals surface area contributed by atoms with Gasteiger partial charge >= 0.3 is 5.97 Å². The zero-order valence-corrected chi connectivity index (χ0v) is 14.6. The van der Waals surface area contributed by atoms with Gasteiger partial charge in [0.25, 0.3) is 5.91 Å². The molecular weight excluding hydrogens is 353 g/mol. The highest BCUT2D eigenvalue weighted by molar-refractivity contribution is 5.81. The standard InChI is InChI=1S/C20H20FNO5/c21-15-4-8-17-14(11-15)3-7-18(27-17)20(25)22-10-9-13-1-5-16(6-2-13)26-12-19(23)24/h1-2,4-6,8,11,18H,3,7,9-10,12H2,(H,22,25)(H,23,24). The lowest BCUT2D eigenvalue weighted by atomic mass is 10.0. The average molecular weight is 373 g/mol. The smallest absolute Gasteiger partial charge is 0.341 e. The topological polar surface area (TPSA) is 84.9 Å². The van der Waals surface area contributed by atoms with Crippen LogP contribution in [0.5, 0.6) is 11.5 Å². The van der Waals surface area contributed by atoms with Gasteiger partial charge in [-0.2, -0.15) is 0 Å². The molecule has 2 aromatic carbocycles. The summed E-state index contributed by atoms with van der Waals surface area (Å²) in [6.45, 7) is 0.0663. The Hall–Kier alpha value is -3.09. The maximum absolute atomic E-state index is 13.2. The van der Waals surface area contributed by atoms with Gasteiger partial charge in [0.2, 0.25) is 0 Å². The van der Waals surface area contributed by atoms with Crippen molar-refractivity contribution in [3.63, 3.8) is 0 Å². The van der Waals surface area contributed by atoms with E-state index in [4.69, 9.17) is 14.6 Å². The van der Waals surface area contributed by atoms with Crippen molar-refractivity contribution in [2.24, 2.45) is 0 Å². The van der Waals surface area contributed by atoms with Crippen molar-refractivity contribution in [1.82, 2.24) is 5.32 Å². The molecule has 0 bridgehead atoms. The van der Waals surface area contributed by atoms with E-state index >= 15 is 0 Å². The fourth-order valence-corrected chi connectivity index (χ4v) is 2.88. The maximum atomic E-state index is 13.2. The van der Waals surface area contributed by atoms with Crippen LogP contribution in [0.2, 0.25) is 0 Å². The van der Waals surface area contributed by atoms with Crippen LogP contribution in [-0.4, -0.2) is 36.2 Å². The number of nitrogens with one attached hydrogen (secondary N) is 1. The second-order valence-electron chi connectivity index (χ2n) is 6.26. The molecule has 2 N–H and O–H groups in total. The summed E-state index contributed by atoms with van der Waals surface area (Å²) in [6, 6.07) is 11.4. The van der Waals surface area contributed by atoms with E-state index in [2.05, 4.69) is 5.32 Å². The van der Waals surface area contributed by atoms with Gasteiger partial charge in [0.05, 0.1) is 0 Å². The molecule has 1 atom stereocenters. The van der Waals surface area contributed by atoms with E-state index in [0.717, 1.165) is 11.1 Å². The van der Waals surface area contributed by atoms with E-state index in [9.17, 15) is 14.0 Å². The van der Waals surface area contributed by atoms with Crippen LogP contribution in [0.4, 0.5) is 4.39 Å². The fraction of sp³-hybridized carbons (Fsp3) is 0.300. The van der Waals surface area contributed by atoms with Crippen molar-refractivity contribution < 1.29 is 28.6 Å². The minimum Gasteiger partial charge on any atom is -0.482 e. The minimum absolute atomic E-state index is 0.189. The molecule has 0 aliphatic carbocycles. The number of carboxylic acids is 1. The van der Waals surface area contributed by atoms with Crippen LogP contribution in [0, 0.1) is 5.82 Å². The van der Waals surface area contributed by atoms with Gasteiger partial charge in [0, 0.05) is 6.54 Å². The quantitative estimate of drug-likeness (QED) is 0.778. The maximum Gasteiger partial charge on any atom is 0.341 e. The van der Waals surface area contributed by atoms with Crippen LogP contribution in [0.25, 0.3) is 0 Å². The summed E-state index contributed by atoms with van der Waals surface area (Å²) < 4.78 is 24.0. The van der Waals surface area contributed by atoms with E-state index in [1.54, 1.807) is 18.2 Å². The lowest BCUT2D eigenvalue weighted by molar-refractivity contribution is -0.139. The van der Waals surface area contributed by atoms with Gasteiger partial charge < -0.3 is 19.9 Å². The Bertz CT molecular complexity index is 822. The summed E-state index contributed by atoms with van der Waals surface area (Å²) in [4.78, 5) is 22.7. The Balaban J connectivity index is 1.44. The third-order valence-corrected chi connectivity index (χ3v) is 4.26. The zero-order valence-electron chi connectivity index (χ0n) is 14.6. The van der Waals surface area contributed by atoms with Crippen LogP contribution in [-0.2, 0) is 22.4 Å². The number of hydrogen-bond acceptors (Lipinski definition) is 4. The van der Waals surface area contributed by atoms with E-state index in [0.29, 0.717) is 37.3 Å². The SMILES string of the molecule is O=C(O)COc1ccc(CCNC(=O)C2CCc3cc(F)ccc3O2)cc1. The Labute approximate surface area is 155 Å². The van der Waals surface area contributed by atoms with Crippen molar-refractivity contribution in [2.75, 3.05) is 13.2 Å². The van der Waals surface area contributed by atoms with Crippen LogP contribution in [0.15, 0.2) is 42.5 Å². The average Bonchev–Trinajstić information content (AvgIpc) is 2.66. The third kappa shape index (κ3) is 5.20. The highest BCUT2D eigenvalue weighted by Crippen LogP contribution is 2.28.